The third-order valence-electron chi connectivity index (χ3n) is 4.05. The molecule has 3 heterocycles. The van der Waals surface area contributed by atoms with E-state index in [2.05, 4.69) is 9.88 Å². The van der Waals surface area contributed by atoms with Gasteiger partial charge in [0.2, 0.25) is 0 Å². The second-order valence-corrected chi connectivity index (χ2v) is 6.39. The fourth-order valence-electron chi connectivity index (χ4n) is 3.00. The Hall–Kier alpha value is -1.20. The van der Waals surface area contributed by atoms with Crippen LogP contribution in [0.4, 0.5) is 9.52 Å². The Morgan fingerprint density at radius 1 is 1.24 bits per heavy atom. The molecule has 114 valence electrons. The summed E-state index contributed by atoms with van der Waals surface area (Å²) in [6.45, 7) is 7.62. The third-order valence-corrected chi connectivity index (χ3v) is 5.13. The van der Waals surface area contributed by atoms with Crippen molar-refractivity contribution < 1.29 is 9.13 Å². The number of nitrogens with zero attached hydrogens (tertiary/aromatic N) is 2. The van der Waals surface area contributed by atoms with E-state index in [4.69, 9.17) is 4.74 Å². The largest absolute Gasteiger partial charge is 0.371 e. The van der Waals surface area contributed by atoms with E-state index >= 15 is 0 Å². The van der Waals surface area contributed by atoms with Gasteiger partial charge in [-0.25, -0.2) is 9.37 Å². The van der Waals surface area contributed by atoms with Crippen LogP contribution in [0.15, 0.2) is 12.1 Å². The quantitative estimate of drug-likeness (QED) is 0.792. The van der Waals surface area contributed by atoms with Gasteiger partial charge >= 0.3 is 0 Å². The van der Waals surface area contributed by atoms with E-state index in [9.17, 15) is 4.39 Å². The monoisotopic (exact) mass is 308 g/mol. The zero-order chi connectivity index (χ0) is 15.0. The summed E-state index contributed by atoms with van der Waals surface area (Å²) < 4.78 is 20.5. The number of hydrogen-bond acceptors (Lipinski definition) is 4. The molecule has 2 unspecified atom stereocenters. The molecule has 2 atom stereocenters. The summed E-state index contributed by atoms with van der Waals surface area (Å²) in [6.07, 6.45) is 3.01. The van der Waals surface area contributed by atoms with Crippen LogP contribution in [0, 0.1) is 12.7 Å². The minimum Gasteiger partial charge on any atom is -0.371 e. The van der Waals surface area contributed by atoms with E-state index in [1.165, 1.54) is 6.07 Å². The van der Waals surface area contributed by atoms with E-state index in [0.717, 1.165) is 41.3 Å². The summed E-state index contributed by atoms with van der Waals surface area (Å²) in [5.41, 5.74) is 1.45. The molecule has 5 heteroatoms. The zero-order valence-corrected chi connectivity index (χ0v) is 13.5. The SMILES string of the molecule is CC.Cc1c(F)ccc2sc(N3CC4CCC(C3)O4)nc12. The molecule has 2 aromatic rings. The third kappa shape index (κ3) is 2.64. The number of rotatable bonds is 1. The van der Waals surface area contributed by atoms with Crippen molar-refractivity contribution >= 4 is 26.7 Å². The van der Waals surface area contributed by atoms with Gasteiger partial charge in [0.1, 0.15) is 5.82 Å². The van der Waals surface area contributed by atoms with Gasteiger partial charge in [-0.05, 0) is 31.9 Å². The van der Waals surface area contributed by atoms with Crippen LogP contribution in [-0.2, 0) is 4.74 Å². The molecule has 0 N–H and O–H groups in total. The summed E-state index contributed by atoms with van der Waals surface area (Å²) in [5, 5.41) is 1.00. The van der Waals surface area contributed by atoms with Crippen LogP contribution >= 0.6 is 11.3 Å². The Labute approximate surface area is 128 Å². The van der Waals surface area contributed by atoms with Crippen molar-refractivity contribution in [3.63, 3.8) is 0 Å². The standard InChI is InChI=1S/C14H15FN2OS.C2H6/c1-8-11(15)4-5-12-13(8)16-14(19-12)17-6-9-2-3-10(7-17)18-9;1-2/h4-5,9-10H,2-3,6-7H2,1H3;1-2H3. The molecular formula is C16H21FN2OS. The molecule has 2 bridgehead atoms. The first-order chi connectivity index (χ1) is 10.2. The molecule has 3 nitrogen and oxygen atoms in total. The lowest BCUT2D eigenvalue weighted by atomic mass is 10.2. The van der Waals surface area contributed by atoms with Crippen molar-refractivity contribution in [2.45, 2.75) is 45.8 Å². The van der Waals surface area contributed by atoms with Crippen LogP contribution < -0.4 is 4.90 Å². The van der Waals surface area contributed by atoms with Gasteiger partial charge in [-0.3, -0.25) is 0 Å². The van der Waals surface area contributed by atoms with E-state index in [1.54, 1.807) is 18.3 Å². The van der Waals surface area contributed by atoms with Gasteiger partial charge in [-0.15, -0.1) is 0 Å². The number of anilines is 1. The molecule has 2 aliphatic rings. The predicted molar refractivity (Wildman–Crippen MR) is 85.8 cm³/mol. The maximum Gasteiger partial charge on any atom is 0.186 e. The summed E-state index contributed by atoms with van der Waals surface area (Å²) >= 11 is 1.65. The maximum absolute atomic E-state index is 13.6. The second kappa shape index (κ2) is 5.89. The van der Waals surface area contributed by atoms with Gasteiger partial charge in [0.15, 0.2) is 5.13 Å². The second-order valence-electron chi connectivity index (χ2n) is 5.38. The first-order valence-electron chi connectivity index (χ1n) is 7.67. The normalized spacial score (nSPS) is 24.1. The van der Waals surface area contributed by atoms with Crippen molar-refractivity contribution in [2.24, 2.45) is 0 Å². The molecule has 0 amide bonds. The van der Waals surface area contributed by atoms with Crippen LogP contribution in [0.2, 0.25) is 0 Å². The average molecular weight is 308 g/mol. The Morgan fingerprint density at radius 2 is 1.90 bits per heavy atom. The lowest BCUT2D eigenvalue weighted by molar-refractivity contribution is 0.0305. The predicted octanol–water partition coefficient (Wildman–Crippen LogP) is 4.14. The highest BCUT2D eigenvalue weighted by Crippen LogP contribution is 2.35. The van der Waals surface area contributed by atoms with Gasteiger partial charge in [-0.1, -0.05) is 25.2 Å². The summed E-state index contributed by atoms with van der Waals surface area (Å²) in [5.74, 6) is -0.175. The topological polar surface area (TPSA) is 25.4 Å². The van der Waals surface area contributed by atoms with E-state index in [-0.39, 0.29) is 5.82 Å². The van der Waals surface area contributed by atoms with Crippen molar-refractivity contribution in [1.82, 2.24) is 4.98 Å². The van der Waals surface area contributed by atoms with Gasteiger partial charge in [0.25, 0.3) is 0 Å². The first kappa shape index (κ1) is 14.7. The highest BCUT2D eigenvalue weighted by atomic mass is 32.1. The number of morpholine rings is 1. The highest BCUT2D eigenvalue weighted by Gasteiger charge is 2.34. The van der Waals surface area contributed by atoms with Crippen molar-refractivity contribution in [3.05, 3.63) is 23.5 Å². The number of hydrogen-bond donors (Lipinski definition) is 0. The molecule has 2 aliphatic heterocycles. The Balaban J connectivity index is 0.000000636. The fraction of sp³-hybridized carbons (Fsp3) is 0.562. The van der Waals surface area contributed by atoms with E-state index in [0.29, 0.717) is 17.8 Å². The van der Waals surface area contributed by atoms with Crippen LogP contribution in [0.3, 0.4) is 0 Å². The lowest BCUT2D eigenvalue weighted by Crippen LogP contribution is -2.42. The number of halogens is 1. The number of ether oxygens (including phenoxy) is 1. The minimum atomic E-state index is -0.175. The molecule has 2 fully saturated rings. The smallest absolute Gasteiger partial charge is 0.186 e. The number of fused-ring (bicyclic) bond motifs is 3. The average Bonchev–Trinajstić information content (AvgIpc) is 3.09. The summed E-state index contributed by atoms with van der Waals surface area (Å²) in [7, 11) is 0. The van der Waals surface area contributed by atoms with Crippen LogP contribution in [-0.4, -0.2) is 30.3 Å². The molecule has 0 spiro atoms. The van der Waals surface area contributed by atoms with Crippen LogP contribution in [0.25, 0.3) is 10.2 Å². The molecule has 4 rings (SSSR count). The maximum atomic E-state index is 13.6. The van der Waals surface area contributed by atoms with E-state index in [1.807, 2.05) is 19.9 Å². The molecule has 1 aromatic heterocycles. The zero-order valence-electron chi connectivity index (χ0n) is 12.7. The number of aryl methyl sites for hydroxylation is 1. The van der Waals surface area contributed by atoms with Gasteiger partial charge in [-0.2, -0.15) is 0 Å². The number of benzene rings is 1. The molecule has 0 radical (unpaired) electrons. The van der Waals surface area contributed by atoms with Gasteiger partial charge in [0.05, 0.1) is 22.4 Å². The summed E-state index contributed by atoms with van der Waals surface area (Å²) in [6, 6.07) is 3.36. The van der Waals surface area contributed by atoms with Crippen LogP contribution in [0.5, 0.6) is 0 Å². The molecule has 2 saturated heterocycles. The molecule has 21 heavy (non-hydrogen) atoms. The van der Waals surface area contributed by atoms with Crippen molar-refractivity contribution in [1.29, 1.82) is 0 Å². The molecule has 1 aromatic carbocycles. The number of aromatic nitrogens is 1. The van der Waals surface area contributed by atoms with Crippen molar-refractivity contribution in [3.8, 4) is 0 Å². The first-order valence-corrected chi connectivity index (χ1v) is 8.48. The van der Waals surface area contributed by atoms with Gasteiger partial charge < -0.3 is 9.64 Å². The minimum absolute atomic E-state index is 0.175. The fourth-order valence-corrected chi connectivity index (χ4v) is 4.04. The molecule has 0 saturated carbocycles. The van der Waals surface area contributed by atoms with Gasteiger partial charge in [0, 0.05) is 18.7 Å². The number of thiazole rings is 1. The Kier molecular flexibility index (Phi) is 4.13. The Morgan fingerprint density at radius 3 is 2.57 bits per heavy atom. The van der Waals surface area contributed by atoms with E-state index < -0.39 is 0 Å². The molecule has 0 aliphatic carbocycles. The molecular weight excluding hydrogens is 287 g/mol. The van der Waals surface area contributed by atoms with Crippen molar-refractivity contribution in [2.75, 3.05) is 18.0 Å². The highest BCUT2D eigenvalue weighted by molar-refractivity contribution is 7.22. The Bertz CT molecular complexity index is 630. The summed E-state index contributed by atoms with van der Waals surface area (Å²) in [4.78, 5) is 6.94. The van der Waals surface area contributed by atoms with Crippen LogP contribution in [0.1, 0.15) is 32.3 Å². The lowest BCUT2D eigenvalue weighted by Gasteiger charge is -2.31.